The second-order valence-electron chi connectivity index (χ2n) is 2.07. The van der Waals surface area contributed by atoms with Crippen molar-refractivity contribution in [1.82, 2.24) is 0 Å². The van der Waals surface area contributed by atoms with E-state index in [4.69, 9.17) is 11.6 Å². The Morgan fingerprint density at radius 2 is 1.88 bits per heavy atom. The van der Waals surface area contributed by atoms with Crippen molar-refractivity contribution in [2.24, 2.45) is 5.92 Å². The van der Waals surface area contributed by atoms with E-state index < -0.39 is 0 Å². The minimum Gasteiger partial charge on any atom is -0.118 e. The minimum absolute atomic E-state index is 0.208. The summed E-state index contributed by atoms with van der Waals surface area (Å²) in [6.07, 6.45) is 8.13. The number of rotatable bonds is 0. The van der Waals surface area contributed by atoms with E-state index in [9.17, 15) is 0 Å². The fourth-order valence-corrected chi connectivity index (χ4v) is 0.859. The Balaban J connectivity index is 2.59. The van der Waals surface area contributed by atoms with E-state index in [1.54, 1.807) is 0 Å². The van der Waals surface area contributed by atoms with Crippen LogP contribution in [0.5, 0.6) is 0 Å². The van der Waals surface area contributed by atoms with Crippen molar-refractivity contribution in [3.05, 3.63) is 24.3 Å². The van der Waals surface area contributed by atoms with Gasteiger partial charge in [-0.2, -0.15) is 0 Å². The largest absolute Gasteiger partial charge is 0.118 e. The lowest BCUT2D eigenvalue weighted by atomic mass is 10.0. The Morgan fingerprint density at radius 1 is 1.25 bits per heavy atom. The van der Waals surface area contributed by atoms with Crippen molar-refractivity contribution < 1.29 is 0 Å². The monoisotopic (exact) mass is 128 g/mol. The van der Waals surface area contributed by atoms with Crippen molar-refractivity contribution in [1.29, 1.82) is 0 Å². The van der Waals surface area contributed by atoms with Crippen LogP contribution in [0.4, 0.5) is 0 Å². The topological polar surface area (TPSA) is 0 Å². The zero-order valence-electron chi connectivity index (χ0n) is 4.84. The number of hydrogen-bond acceptors (Lipinski definition) is 0. The summed E-state index contributed by atoms with van der Waals surface area (Å²) >= 11 is 5.83. The molecule has 44 valence electrons. The molecular weight excluding hydrogens is 120 g/mol. The van der Waals surface area contributed by atoms with E-state index in [1.807, 2.05) is 18.2 Å². The van der Waals surface area contributed by atoms with Crippen molar-refractivity contribution in [3.8, 4) is 0 Å². The number of hydrogen-bond donors (Lipinski definition) is 0. The Bertz CT molecular complexity index is 108. The second kappa shape index (κ2) is 2.36. The van der Waals surface area contributed by atoms with Gasteiger partial charge in [-0.1, -0.05) is 31.2 Å². The molecule has 0 nitrogen and oxygen atoms in total. The van der Waals surface area contributed by atoms with E-state index in [-0.39, 0.29) is 5.38 Å². The Morgan fingerprint density at radius 3 is 2.25 bits per heavy atom. The van der Waals surface area contributed by atoms with Crippen molar-refractivity contribution >= 4 is 11.6 Å². The molecule has 0 saturated heterocycles. The molecule has 2 unspecified atom stereocenters. The third-order valence-electron chi connectivity index (χ3n) is 1.32. The van der Waals surface area contributed by atoms with Gasteiger partial charge >= 0.3 is 0 Å². The SMILES string of the molecule is CC1C=CC=CC1Cl. The molecule has 0 heterocycles. The molecule has 0 amide bonds. The molecule has 1 aliphatic carbocycles. The maximum absolute atomic E-state index is 5.83. The van der Waals surface area contributed by atoms with Crippen LogP contribution in [-0.2, 0) is 0 Å². The summed E-state index contributed by atoms with van der Waals surface area (Å²) < 4.78 is 0. The molecule has 0 bridgehead atoms. The van der Waals surface area contributed by atoms with Gasteiger partial charge in [0.2, 0.25) is 0 Å². The Kier molecular flexibility index (Phi) is 1.74. The van der Waals surface area contributed by atoms with Gasteiger partial charge in [-0.3, -0.25) is 0 Å². The fraction of sp³-hybridized carbons (Fsp3) is 0.429. The van der Waals surface area contributed by atoms with Gasteiger partial charge in [0.15, 0.2) is 0 Å². The first-order valence-electron chi connectivity index (χ1n) is 2.80. The molecule has 1 rings (SSSR count). The van der Waals surface area contributed by atoms with Gasteiger partial charge in [-0.25, -0.2) is 0 Å². The summed E-state index contributed by atoms with van der Waals surface area (Å²) in [5.41, 5.74) is 0. The lowest BCUT2D eigenvalue weighted by Gasteiger charge is -2.11. The lowest BCUT2D eigenvalue weighted by Crippen LogP contribution is -2.06. The molecule has 1 aliphatic rings. The summed E-state index contributed by atoms with van der Waals surface area (Å²) in [5.74, 6) is 0.502. The number of allylic oxidation sites excluding steroid dienone is 4. The summed E-state index contributed by atoms with van der Waals surface area (Å²) in [4.78, 5) is 0. The van der Waals surface area contributed by atoms with E-state index in [2.05, 4.69) is 13.0 Å². The highest BCUT2D eigenvalue weighted by molar-refractivity contribution is 6.22. The maximum Gasteiger partial charge on any atom is 0.0579 e. The molecule has 0 aromatic carbocycles. The van der Waals surface area contributed by atoms with Crippen LogP contribution < -0.4 is 0 Å². The van der Waals surface area contributed by atoms with E-state index in [0.29, 0.717) is 5.92 Å². The highest BCUT2D eigenvalue weighted by Crippen LogP contribution is 2.16. The van der Waals surface area contributed by atoms with Crippen LogP contribution in [0.3, 0.4) is 0 Å². The van der Waals surface area contributed by atoms with E-state index in [0.717, 1.165) is 0 Å². The molecule has 0 aromatic rings. The average molecular weight is 129 g/mol. The molecule has 8 heavy (non-hydrogen) atoms. The molecule has 1 heteroatoms. The fourth-order valence-electron chi connectivity index (χ4n) is 0.691. The lowest BCUT2D eigenvalue weighted by molar-refractivity contribution is 0.745. The van der Waals surface area contributed by atoms with Crippen LogP contribution >= 0.6 is 11.6 Å². The Hall–Kier alpha value is -0.230. The third-order valence-corrected chi connectivity index (χ3v) is 1.87. The summed E-state index contributed by atoms with van der Waals surface area (Å²) in [5, 5.41) is 0.208. The van der Waals surface area contributed by atoms with Gasteiger partial charge in [0.25, 0.3) is 0 Å². The van der Waals surface area contributed by atoms with E-state index >= 15 is 0 Å². The third kappa shape index (κ3) is 1.13. The molecule has 0 aromatic heterocycles. The van der Waals surface area contributed by atoms with Gasteiger partial charge < -0.3 is 0 Å². The molecule has 0 spiro atoms. The highest BCUT2D eigenvalue weighted by Gasteiger charge is 2.08. The zero-order valence-corrected chi connectivity index (χ0v) is 5.60. The zero-order chi connectivity index (χ0) is 5.98. The van der Waals surface area contributed by atoms with Gasteiger partial charge in [0.1, 0.15) is 0 Å². The predicted molar refractivity (Wildman–Crippen MR) is 37.1 cm³/mol. The predicted octanol–water partition coefficient (Wildman–Crippen LogP) is 2.36. The molecule has 0 N–H and O–H groups in total. The number of halogens is 1. The quantitative estimate of drug-likeness (QED) is 0.440. The van der Waals surface area contributed by atoms with E-state index in [1.165, 1.54) is 0 Å². The standard InChI is InChI=1S/C7H9Cl/c1-6-4-2-3-5-7(6)8/h2-7H,1H3. The van der Waals surface area contributed by atoms with Crippen LogP contribution in [0.15, 0.2) is 24.3 Å². The van der Waals surface area contributed by atoms with Crippen LogP contribution in [0.2, 0.25) is 0 Å². The average Bonchev–Trinajstić information content (AvgIpc) is 1.77. The molecular formula is C7H9Cl. The van der Waals surface area contributed by atoms with Gasteiger partial charge in [0.05, 0.1) is 5.38 Å². The minimum atomic E-state index is 0.208. The van der Waals surface area contributed by atoms with Crippen molar-refractivity contribution in [2.75, 3.05) is 0 Å². The Labute approximate surface area is 54.8 Å². The first kappa shape index (κ1) is 5.90. The molecule has 0 radical (unpaired) electrons. The van der Waals surface area contributed by atoms with Crippen LogP contribution in [0.1, 0.15) is 6.92 Å². The van der Waals surface area contributed by atoms with Crippen LogP contribution in [0, 0.1) is 5.92 Å². The molecule has 2 atom stereocenters. The normalized spacial score (nSPS) is 35.8. The van der Waals surface area contributed by atoms with Crippen molar-refractivity contribution in [3.63, 3.8) is 0 Å². The van der Waals surface area contributed by atoms with Crippen LogP contribution in [0.25, 0.3) is 0 Å². The molecule has 0 fully saturated rings. The van der Waals surface area contributed by atoms with Crippen molar-refractivity contribution in [2.45, 2.75) is 12.3 Å². The first-order chi connectivity index (χ1) is 3.80. The second-order valence-corrected chi connectivity index (χ2v) is 2.58. The summed E-state index contributed by atoms with van der Waals surface area (Å²) in [7, 11) is 0. The summed E-state index contributed by atoms with van der Waals surface area (Å²) in [6, 6.07) is 0. The van der Waals surface area contributed by atoms with Crippen LogP contribution in [-0.4, -0.2) is 5.38 Å². The molecule has 0 saturated carbocycles. The van der Waals surface area contributed by atoms with Gasteiger partial charge in [-0.05, 0) is 5.92 Å². The number of alkyl halides is 1. The molecule has 0 aliphatic heterocycles. The summed E-state index contributed by atoms with van der Waals surface area (Å²) in [6.45, 7) is 2.11. The highest BCUT2D eigenvalue weighted by atomic mass is 35.5. The van der Waals surface area contributed by atoms with Gasteiger partial charge in [0, 0.05) is 0 Å². The smallest absolute Gasteiger partial charge is 0.0579 e. The first-order valence-corrected chi connectivity index (χ1v) is 3.23. The van der Waals surface area contributed by atoms with Gasteiger partial charge in [-0.15, -0.1) is 11.6 Å². The maximum atomic E-state index is 5.83.